The first-order valence-electron chi connectivity index (χ1n) is 8.68. The second kappa shape index (κ2) is 8.56. The van der Waals surface area contributed by atoms with E-state index in [0.717, 1.165) is 17.0 Å². The zero-order valence-electron chi connectivity index (χ0n) is 16.0. The number of ether oxygens (including phenoxy) is 2. The average molecular weight is 358 g/mol. The standard InChI is InChI=1S/C20H26N2O4/c1-6-16-17(20(24)26-5)13(3)18(21-16)19(23)22(7-2)12-14-8-10-15(25-4)11-9-14/h8-11,21H,6-7,12H2,1-5H3. The lowest BCUT2D eigenvalue weighted by molar-refractivity contribution is 0.0599. The van der Waals surface area contributed by atoms with Crippen LogP contribution in [0.3, 0.4) is 0 Å². The van der Waals surface area contributed by atoms with Crippen LogP contribution in [0.25, 0.3) is 0 Å². The van der Waals surface area contributed by atoms with Crippen molar-refractivity contribution in [1.29, 1.82) is 0 Å². The van der Waals surface area contributed by atoms with Crippen molar-refractivity contribution in [3.05, 3.63) is 52.3 Å². The Morgan fingerprint density at radius 3 is 2.27 bits per heavy atom. The summed E-state index contributed by atoms with van der Waals surface area (Å²) in [5, 5.41) is 0. The van der Waals surface area contributed by atoms with Crippen molar-refractivity contribution in [2.45, 2.75) is 33.7 Å². The SMILES string of the molecule is CCc1[nH]c(C(=O)N(CC)Cc2ccc(OC)cc2)c(C)c1C(=O)OC. The molecule has 0 bridgehead atoms. The average Bonchev–Trinajstić information content (AvgIpc) is 3.01. The monoisotopic (exact) mass is 358 g/mol. The van der Waals surface area contributed by atoms with E-state index in [1.54, 1.807) is 18.9 Å². The Bertz CT molecular complexity index is 778. The third-order valence-corrected chi connectivity index (χ3v) is 4.49. The molecule has 0 radical (unpaired) electrons. The number of hydrogen-bond donors (Lipinski definition) is 1. The lowest BCUT2D eigenvalue weighted by Crippen LogP contribution is -2.31. The van der Waals surface area contributed by atoms with Crippen LogP contribution in [-0.4, -0.2) is 42.5 Å². The molecule has 140 valence electrons. The molecule has 0 fully saturated rings. The molecule has 1 aromatic carbocycles. The number of H-pyrrole nitrogens is 1. The van der Waals surface area contributed by atoms with E-state index in [1.807, 2.05) is 38.1 Å². The van der Waals surface area contributed by atoms with Crippen LogP contribution in [0.1, 0.15) is 51.5 Å². The summed E-state index contributed by atoms with van der Waals surface area (Å²) in [6.07, 6.45) is 0.614. The predicted molar refractivity (Wildman–Crippen MR) is 99.7 cm³/mol. The summed E-state index contributed by atoms with van der Waals surface area (Å²) in [4.78, 5) is 30.0. The second-order valence-corrected chi connectivity index (χ2v) is 5.99. The third kappa shape index (κ3) is 3.90. The number of amides is 1. The minimum absolute atomic E-state index is 0.134. The molecule has 0 spiro atoms. The number of esters is 1. The number of benzene rings is 1. The molecule has 1 heterocycles. The summed E-state index contributed by atoms with van der Waals surface area (Å²) in [6, 6.07) is 7.62. The molecule has 0 aliphatic carbocycles. The summed E-state index contributed by atoms with van der Waals surface area (Å²) in [6.45, 7) is 6.67. The molecule has 0 aliphatic rings. The largest absolute Gasteiger partial charge is 0.497 e. The van der Waals surface area contributed by atoms with Crippen molar-refractivity contribution in [3.8, 4) is 5.75 Å². The molecule has 2 rings (SSSR count). The smallest absolute Gasteiger partial charge is 0.339 e. The van der Waals surface area contributed by atoms with Crippen molar-refractivity contribution < 1.29 is 19.1 Å². The van der Waals surface area contributed by atoms with Gasteiger partial charge in [0.2, 0.25) is 0 Å². The lowest BCUT2D eigenvalue weighted by atomic mass is 10.1. The zero-order chi connectivity index (χ0) is 19.3. The molecule has 1 amide bonds. The molecular formula is C20H26N2O4. The van der Waals surface area contributed by atoms with Crippen molar-refractivity contribution in [1.82, 2.24) is 9.88 Å². The molecule has 0 unspecified atom stereocenters. The van der Waals surface area contributed by atoms with Crippen LogP contribution in [0.5, 0.6) is 5.75 Å². The van der Waals surface area contributed by atoms with Crippen LogP contribution >= 0.6 is 0 Å². The number of nitrogens with one attached hydrogen (secondary N) is 1. The first-order chi connectivity index (χ1) is 12.5. The molecular weight excluding hydrogens is 332 g/mol. The molecule has 6 nitrogen and oxygen atoms in total. The topological polar surface area (TPSA) is 71.6 Å². The van der Waals surface area contributed by atoms with Crippen molar-refractivity contribution in [2.24, 2.45) is 0 Å². The summed E-state index contributed by atoms with van der Waals surface area (Å²) in [5.74, 6) is 0.220. The number of hydrogen-bond acceptors (Lipinski definition) is 4. The summed E-state index contributed by atoms with van der Waals surface area (Å²) in [7, 11) is 2.97. The van der Waals surface area contributed by atoms with Gasteiger partial charge in [0, 0.05) is 18.8 Å². The van der Waals surface area contributed by atoms with Crippen LogP contribution in [-0.2, 0) is 17.7 Å². The Kier molecular flexibility index (Phi) is 6.44. The van der Waals surface area contributed by atoms with Crippen LogP contribution in [0.15, 0.2) is 24.3 Å². The zero-order valence-corrected chi connectivity index (χ0v) is 16.0. The quantitative estimate of drug-likeness (QED) is 0.771. The molecule has 1 N–H and O–H groups in total. The number of methoxy groups -OCH3 is 2. The minimum Gasteiger partial charge on any atom is -0.497 e. The van der Waals surface area contributed by atoms with E-state index in [4.69, 9.17) is 9.47 Å². The van der Waals surface area contributed by atoms with E-state index >= 15 is 0 Å². The maximum atomic E-state index is 13.0. The van der Waals surface area contributed by atoms with E-state index in [9.17, 15) is 9.59 Å². The van der Waals surface area contributed by atoms with Gasteiger partial charge in [-0.25, -0.2) is 4.79 Å². The molecule has 0 atom stereocenters. The van der Waals surface area contributed by atoms with Crippen LogP contribution in [0.2, 0.25) is 0 Å². The fourth-order valence-electron chi connectivity index (χ4n) is 2.95. The van der Waals surface area contributed by atoms with Crippen LogP contribution in [0.4, 0.5) is 0 Å². The van der Waals surface area contributed by atoms with Gasteiger partial charge in [0.25, 0.3) is 5.91 Å². The van der Waals surface area contributed by atoms with Gasteiger partial charge < -0.3 is 19.4 Å². The molecule has 2 aromatic rings. The van der Waals surface area contributed by atoms with E-state index in [2.05, 4.69) is 4.98 Å². The second-order valence-electron chi connectivity index (χ2n) is 5.99. The highest BCUT2D eigenvalue weighted by Crippen LogP contribution is 2.22. The van der Waals surface area contributed by atoms with Gasteiger partial charge in [0.15, 0.2) is 0 Å². The summed E-state index contributed by atoms with van der Waals surface area (Å²) in [5.41, 5.74) is 3.26. The third-order valence-electron chi connectivity index (χ3n) is 4.49. The predicted octanol–water partition coefficient (Wildman–Crippen LogP) is 3.34. The van der Waals surface area contributed by atoms with E-state index < -0.39 is 5.97 Å². The lowest BCUT2D eigenvalue weighted by Gasteiger charge is -2.21. The number of aromatic nitrogens is 1. The van der Waals surface area contributed by atoms with Crippen LogP contribution in [0, 0.1) is 6.92 Å². The molecule has 1 aromatic heterocycles. The highest BCUT2D eigenvalue weighted by molar-refractivity contribution is 6.00. The summed E-state index contributed by atoms with van der Waals surface area (Å²) >= 11 is 0. The number of rotatable bonds is 7. The van der Waals surface area contributed by atoms with Crippen LogP contribution < -0.4 is 4.74 Å². The van der Waals surface area contributed by atoms with Gasteiger partial charge in [-0.15, -0.1) is 0 Å². The fraction of sp³-hybridized carbons (Fsp3) is 0.400. The van der Waals surface area contributed by atoms with Gasteiger partial charge in [0.05, 0.1) is 19.8 Å². The number of nitrogens with zero attached hydrogens (tertiary/aromatic N) is 1. The minimum atomic E-state index is -0.423. The molecule has 26 heavy (non-hydrogen) atoms. The number of carbonyl (C=O) groups is 2. The maximum Gasteiger partial charge on any atom is 0.339 e. The van der Waals surface area contributed by atoms with E-state index in [-0.39, 0.29) is 5.91 Å². The number of aromatic amines is 1. The highest BCUT2D eigenvalue weighted by atomic mass is 16.5. The van der Waals surface area contributed by atoms with E-state index in [1.165, 1.54) is 7.11 Å². The number of carbonyl (C=O) groups excluding carboxylic acids is 2. The van der Waals surface area contributed by atoms with Crippen molar-refractivity contribution in [2.75, 3.05) is 20.8 Å². The highest BCUT2D eigenvalue weighted by Gasteiger charge is 2.26. The normalized spacial score (nSPS) is 10.5. The Morgan fingerprint density at radius 2 is 1.77 bits per heavy atom. The first kappa shape index (κ1) is 19.6. The summed E-state index contributed by atoms with van der Waals surface area (Å²) < 4.78 is 10.0. The van der Waals surface area contributed by atoms with Gasteiger partial charge in [-0.3, -0.25) is 4.79 Å². The molecule has 0 saturated carbocycles. The van der Waals surface area contributed by atoms with Gasteiger partial charge in [-0.2, -0.15) is 0 Å². The van der Waals surface area contributed by atoms with Gasteiger partial charge in [-0.1, -0.05) is 19.1 Å². The Hall–Kier alpha value is -2.76. The molecule has 0 aliphatic heterocycles. The molecule has 0 saturated heterocycles. The maximum absolute atomic E-state index is 13.0. The number of aryl methyl sites for hydroxylation is 1. The van der Waals surface area contributed by atoms with Gasteiger partial charge in [-0.05, 0) is 43.5 Å². The first-order valence-corrected chi connectivity index (χ1v) is 8.68. The molecule has 6 heteroatoms. The Labute approximate surface area is 154 Å². The van der Waals surface area contributed by atoms with Gasteiger partial charge in [0.1, 0.15) is 11.4 Å². The van der Waals surface area contributed by atoms with Crippen molar-refractivity contribution in [3.63, 3.8) is 0 Å². The van der Waals surface area contributed by atoms with Crippen molar-refractivity contribution >= 4 is 11.9 Å². The van der Waals surface area contributed by atoms with E-state index in [0.29, 0.717) is 36.3 Å². The van der Waals surface area contributed by atoms with Gasteiger partial charge >= 0.3 is 5.97 Å². The Morgan fingerprint density at radius 1 is 1.12 bits per heavy atom. The Balaban J connectivity index is 2.30. The fourth-order valence-corrected chi connectivity index (χ4v) is 2.95.